The zero-order chi connectivity index (χ0) is 23.3. The van der Waals surface area contributed by atoms with E-state index in [0.29, 0.717) is 5.56 Å². The van der Waals surface area contributed by atoms with Crippen LogP contribution in [-0.2, 0) is 20.9 Å². The number of carbonyl (C=O) groups excluding carboxylic acids is 1. The molecule has 5 atom stereocenters. The van der Waals surface area contributed by atoms with Crippen LogP contribution in [0, 0.1) is 0 Å². The topological polar surface area (TPSA) is 176 Å². The van der Waals surface area contributed by atoms with Gasteiger partial charge in [0, 0.05) is 12.1 Å². The Morgan fingerprint density at radius 2 is 1.78 bits per heavy atom. The summed E-state index contributed by atoms with van der Waals surface area (Å²) in [4.78, 5) is 24.0. The van der Waals surface area contributed by atoms with Gasteiger partial charge in [-0.2, -0.15) is 0 Å². The predicted octanol–water partition coefficient (Wildman–Crippen LogP) is -0.719. The van der Waals surface area contributed by atoms with E-state index in [0.717, 1.165) is 18.4 Å². The number of phenolic OH excluding ortho intramolecular Hbond substituents is 1. The number of rotatable bonds is 7. The van der Waals surface area contributed by atoms with Gasteiger partial charge in [0.2, 0.25) is 17.5 Å². The van der Waals surface area contributed by atoms with Gasteiger partial charge in [0.05, 0.1) is 6.26 Å². The average molecular weight is 450 g/mol. The molecule has 0 unspecified atom stereocenters. The molecule has 2 heterocycles. The van der Waals surface area contributed by atoms with Crippen molar-refractivity contribution in [1.29, 1.82) is 0 Å². The van der Waals surface area contributed by atoms with Crippen LogP contribution in [0.25, 0.3) is 6.08 Å². The van der Waals surface area contributed by atoms with Gasteiger partial charge in [0.15, 0.2) is 5.76 Å². The van der Waals surface area contributed by atoms with Crippen LogP contribution < -0.4 is 10.2 Å². The zero-order valence-electron chi connectivity index (χ0n) is 16.6. The molecule has 0 amide bonds. The Hall–Kier alpha value is -3.22. The molecule has 3 rings (SSSR count). The molecule has 0 saturated carbocycles. The summed E-state index contributed by atoms with van der Waals surface area (Å²) in [5.41, 5.74) is -0.0406. The smallest absolute Gasteiger partial charge is 0.330 e. The largest absolute Gasteiger partial charge is 0.508 e. The van der Waals surface area contributed by atoms with Crippen LogP contribution in [0.15, 0.2) is 51.9 Å². The predicted molar refractivity (Wildman–Crippen MR) is 106 cm³/mol. The minimum Gasteiger partial charge on any atom is -0.508 e. The maximum Gasteiger partial charge on any atom is 0.330 e. The molecule has 1 fully saturated rings. The van der Waals surface area contributed by atoms with E-state index in [2.05, 4.69) is 0 Å². The second kappa shape index (κ2) is 10.4. The number of benzene rings is 1. The zero-order valence-corrected chi connectivity index (χ0v) is 16.6. The van der Waals surface area contributed by atoms with Crippen molar-refractivity contribution >= 4 is 12.0 Å². The van der Waals surface area contributed by atoms with Crippen LogP contribution in [0.2, 0.25) is 0 Å². The van der Waals surface area contributed by atoms with E-state index in [4.69, 9.17) is 18.6 Å². The molecule has 11 nitrogen and oxygen atoms in total. The summed E-state index contributed by atoms with van der Waals surface area (Å²) in [5, 5.41) is 49.0. The molecule has 0 aliphatic carbocycles. The molecule has 1 aliphatic heterocycles. The average Bonchev–Trinajstić information content (AvgIpc) is 2.79. The second-order valence-electron chi connectivity index (χ2n) is 6.88. The first-order valence-electron chi connectivity index (χ1n) is 9.52. The van der Waals surface area contributed by atoms with Crippen LogP contribution in [-0.4, -0.2) is 68.8 Å². The summed E-state index contributed by atoms with van der Waals surface area (Å²) < 4.78 is 20.7. The van der Waals surface area contributed by atoms with E-state index < -0.39 is 61.1 Å². The number of ether oxygens (including phenoxy) is 3. The minimum absolute atomic E-state index is 0.0741. The van der Waals surface area contributed by atoms with E-state index in [1.807, 2.05) is 0 Å². The van der Waals surface area contributed by atoms with E-state index in [1.165, 1.54) is 18.2 Å². The van der Waals surface area contributed by atoms with Gasteiger partial charge >= 0.3 is 5.97 Å². The fourth-order valence-corrected chi connectivity index (χ4v) is 2.91. The standard InChI is InChI=1S/C21H22O11/c22-9-14-20(13(24)7-8-29-14)32-21-19(28)18(27)17(26)15(31-21)10-30-16(25)6-3-11-1-4-12(23)5-2-11/h1-8,15,17-19,21-23,26-28H,9-10H2/b6-3+/t15-,17-,18+,19-,21+/m1/s1. The summed E-state index contributed by atoms with van der Waals surface area (Å²) in [5.74, 6) is -1.37. The van der Waals surface area contributed by atoms with Crippen molar-refractivity contribution < 1.29 is 49.0 Å². The maximum absolute atomic E-state index is 12.0. The van der Waals surface area contributed by atoms with E-state index >= 15 is 0 Å². The van der Waals surface area contributed by atoms with Gasteiger partial charge < -0.3 is 44.2 Å². The van der Waals surface area contributed by atoms with Crippen LogP contribution in [0.1, 0.15) is 11.3 Å². The van der Waals surface area contributed by atoms with Crippen LogP contribution in [0.3, 0.4) is 0 Å². The highest BCUT2D eigenvalue weighted by atomic mass is 16.7. The first-order valence-corrected chi connectivity index (χ1v) is 9.52. The molecule has 1 aromatic heterocycles. The SMILES string of the molecule is O=C(/C=C/c1ccc(O)cc1)OC[C@H]1O[C@@H](Oc2c(CO)occc2=O)[C@H](O)[C@@H](O)[C@@H]1O. The molecule has 2 aromatic rings. The summed E-state index contributed by atoms with van der Waals surface area (Å²) in [6.07, 6.45) is -4.43. The summed E-state index contributed by atoms with van der Waals surface area (Å²) in [6.45, 7) is -1.17. The molecular weight excluding hydrogens is 428 g/mol. The highest BCUT2D eigenvalue weighted by Gasteiger charge is 2.46. The number of hydrogen-bond donors (Lipinski definition) is 5. The summed E-state index contributed by atoms with van der Waals surface area (Å²) >= 11 is 0. The molecule has 1 aliphatic rings. The lowest BCUT2D eigenvalue weighted by Crippen LogP contribution is -2.60. The molecule has 1 saturated heterocycles. The Morgan fingerprint density at radius 1 is 1.06 bits per heavy atom. The lowest BCUT2D eigenvalue weighted by molar-refractivity contribution is -0.278. The Balaban J connectivity index is 1.64. The highest BCUT2D eigenvalue weighted by Crippen LogP contribution is 2.25. The maximum atomic E-state index is 12.0. The van der Waals surface area contributed by atoms with Gasteiger partial charge in [-0.25, -0.2) is 4.79 Å². The Kier molecular flexibility index (Phi) is 7.62. The summed E-state index contributed by atoms with van der Waals surface area (Å²) in [7, 11) is 0. The third-order valence-corrected chi connectivity index (χ3v) is 4.65. The number of esters is 1. The number of aromatic hydroxyl groups is 1. The van der Waals surface area contributed by atoms with Crippen molar-refractivity contribution in [2.24, 2.45) is 0 Å². The number of carbonyl (C=O) groups is 1. The van der Waals surface area contributed by atoms with Crippen LogP contribution >= 0.6 is 0 Å². The number of hydrogen-bond acceptors (Lipinski definition) is 11. The van der Waals surface area contributed by atoms with Gasteiger partial charge in [0.1, 0.15) is 43.4 Å². The van der Waals surface area contributed by atoms with E-state index in [-0.39, 0.29) is 11.5 Å². The number of aliphatic hydroxyl groups is 4. The van der Waals surface area contributed by atoms with Crippen molar-refractivity contribution in [1.82, 2.24) is 0 Å². The van der Waals surface area contributed by atoms with Gasteiger partial charge in [-0.1, -0.05) is 12.1 Å². The van der Waals surface area contributed by atoms with Gasteiger partial charge in [-0.3, -0.25) is 4.79 Å². The molecular formula is C21H22O11. The second-order valence-corrected chi connectivity index (χ2v) is 6.88. The third kappa shape index (κ3) is 5.52. The lowest BCUT2D eigenvalue weighted by atomic mass is 9.99. The number of phenols is 1. The Bertz CT molecular complexity index is 998. The van der Waals surface area contributed by atoms with Gasteiger partial charge in [-0.15, -0.1) is 0 Å². The molecule has 5 N–H and O–H groups in total. The Morgan fingerprint density at radius 3 is 2.47 bits per heavy atom. The van der Waals surface area contributed by atoms with Gasteiger partial charge in [-0.05, 0) is 23.8 Å². The minimum atomic E-state index is -1.75. The molecule has 11 heteroatoms. The van der Waals surface area contributed by atoms with Crippen molar-refractivity contribution in [3.8, 4) is 11.5 Å². The third-order valence-electron chi connectivity index (χ3n) is 4.65. The van der Waals surface area contributed by atoms with E-state index in [1.54, 1.807) is 12.1 Å². The first kappa shape index (κ1) is 23.4. The van der Waals surface area contributed by atoms with Crippen molar-refractivity contribution in [2.45, 2.75) is 37.3 Å². The molecule has 0 radical (unpaired) electrons. The van der Waals surface area contributed by atoms with Gasteiger partial charge in [0.25, 0.3) is 0 Å². The van der Waals surface area contributed by atoms with Crippen molar-refractivity contribution in [3.05, 3.63) is 64.2 Å². The molecule has 0 bridgehead atoms. The fourth-order valence-electron chi connectivity index (χ4n) is 2.91. The van der Waals surface area contributed by atoms with Crippen molar-refractivity contribution in [2.75, 3.05) is 6.61 Å². The molecule has 32 heavy (non-hydrogen) atoms. The molecule has 172 valence electrons. The quantitative estimate of drug-likeness (QED) is 0.266. The fraction of sp³-hybridized carbons (Fsp3) is 0.333. The van der Waals surface area contributed by atoms with Crippen molar-refractivity contribution in [3.63, 3.8) is 0 Å². The number of aliphatic hydroxyl groups excluding tert-OH is 4. The lowest BCUT2D eigenvalue weighted by Gasteiger charge is -2.39. The first-order chi connectivity index (χ1) is 15.3. The monoisotopic (exact) mass is 450 g/mol. The summed E-state index contributed by atoms with van der Waals surface area (Å²) in [6, 6.07) is 7.06. The molecule has 0 spiro atoms. The highest BCUT2D eigenvalue weighted by molar-refractivity contribution is 5.87. The Labute approximate surface area is 181 Å². The molecule has 1 aromatic carbocycles. The van der Waals surface area contributed by atoms with Crippen LogP contribution in [0.5, 0.6) is 11.5 Å². The van der Waals surface area contributed by atoms with E-state index in [9.17, 15) is 35.1 Å². The van der Waals surface area contributed by atoms with Crippen LogP contribution in [0.4, 0.5) is 0 Å². The normalized spacial score (nSPS) is 25.6.